The number of guanidine groups is 1. The van der Waals surface area contributed by atoms with Crippen molar-refractivity contribution >= 4 is 5.96 Å². The number of nitrogens with one attached hydrogen (secondary N) is 1. The second kappa shape index (κ2) is 7.88. The Morgan fingerprint density at radius 2 is 2.08 bits per heavy atom. The van der Waals surface area contributed by atoms with Crippen LogP contribution in [0.4, 0.5) is 0 Å². The van der Waals surface area contributed by atoms with Crippen molar-refractivity contribution in [2.75, 3.05) is 14.1 Å². The molecule has 0 bridgehead atoms. The summed E-state index contributed by atoms with van der Waals surface area (Å²) in [6.45, 7) is 11.6. The number of rotatable bonds is 5. The molecule has 8 heteroatoms. The summed E-state index contributed by atoms with van der Waals surface area (Å²) in [6.07, 6.45) is 2.06. The smallest absolute Gasteiger partial charge is 0.232 e. The number of hydrogen-bond acceptors (Lipinski definition) is 5. The van der Waals surface area contributed by atoms with Crippen LogP contribution in [-0.4, -0.2) is 44.9 Å². The highest BCUT2D eigenvalue weighted by Gasteiger charge is 2.22. The van der Waals surface area contributed by atoms with Gasteiger partial charge in [0.2, 0.25) is 5.89 Å². The zero-order chi connectivity index (χ0) is 19.5. The predicted octanol–water partition coefficient (Wildman–Crippen LogP) is 2.43. The first-order chi connectivity index (χ1) is 12.1. The molecule has 1 N–H and O–H groups in total. The molecule has 2 heterocycles. The maximum atomic E-state index is 5.33. The van der Waals surface area contributed by atoms with Crippen LogP contribution in [0.25, 0.3) is 0 Å². The van der Waals surface area contributed by atoms with E-state index in [0.29, 0.717) is 24.2 Å². The molecule has 0 atom stereocenters. The number of aliphatic imine (C=N–C) groups is 1. The summed E-state index contributed by atoms with van der Waals surface area (Å²) in [6, 6.07) is 0. The van der Waals surface area contributed by atoms with E-state index in [-0.39, 0.29) is 5.41 Å². The molecule has 144 valence electrons. The van der Waals surface area contributed by atoms with Crippen molar-refractivity contribution in [1.29, 1.82) is 0 Å². The van der Waals surface area contributed by atoms with Crippen LogP contribution in [-0.2, 0) is 25.6 Å². The summed E-state index contributed by atoms with van der Waals surface area (Å²) in [7, 11) is 5.72. The van der Waals surface area contributed by atoms with Crippen LogP contribution in [0.2, 0.25) is 0 Å². The van der Waals surface area contributed by atoms with Crippen molar-refractivity contribution in [3.8, 4) is 0 Å². The van der Waals surface area contributed by atoms with Gasteiger partial charge in [0.05, 0.1) is 12.2 Å². The summed E-state index contributed by atoms with van der Waals surface area (Å²) in [5.74, 6) is 2.40. The van der Waals surface area contributed by atoms with E-state index in [1.807, 2.05) is 39.5 Å². The predicted molar refractivity (Wildman–Crippen MR) is 102 cm³/mol. The van der Waals surface area contributed by atoms with Gasteiger partial charge in [0.15, 0.2) is 11.8 Å². The highest BCUT2D eigenvalue weighted by molar-refractivity contribution is 5.79. The van der Waals surface area contributed by atoms with Gasteiger partial charge in [-0.3, -0.25) is 9.67 Å². The minimum absolute atomic E-state index is 0.155. The van der Waals surface area contributed by atoms with Crippen LogP contribution < -0.4 is 5.32 Å². The molecule has 0 saturated carbocycles. The minimum Gasteiger partial charge on any atom is -0.349 e. The van der Waals surface area contributed by atoms with Gasteiger partial charge in [-0.1, -0.05) is 39.8 Å². The highest BCUT2D eigenvalue weighted by Crippen LogP contribution is 2.20. The van der Waals surface area contributed by atoms with Crippen LogP contribution >= 0.6 is 0 Å². The molecular formula is C18H31N7O. The van der Waals surface area contributed by atoms with Crippen LogP contribution in [0.5, 0.6) is 0 Å². The molecule has 0 aromatic carbocycles. The van der Waals surface area contributed by atoms with Gasteiger partial charge in [-0.05, 0) is 5.92 Å². The van der Waals surface area contributed by atoms with Gasteiger partial charge in [-0.2, -0.15) is 10.1 Å². The fourth-order valence-electron chi connectivity index (χ4n) is 2.67. The van der Waals surface area contributed by atoms with Crippen LogP contribution in [0, 0.1) is 0 Å². The summed E-state index contributed by atoms with van der Waals surface area (Å²) < 4.78 is 7.19. The lowest BCUT2D eigenvalue weighted by molar-refractivity contribution is 0.318. The molecular weight excluding hydrogens is 330 g/mol. The quantitative estimate of drug-likeness (QED) is 0.650. The minimum atomic E-state index is -0.155. The lowest BCUT2D eigenvalue weighted by Crippen LogP contribution is -2.38. The second-order valence-corrected chi connectivity index (χ2v) is 7.89. The molecule has 0 aliphatic rings. The highest BCUT2D eigenvalue weighted by atomic mass is 16.5. The Hall–Kier alpha value is -2.38. The molecule has 0 aliphatic heterocycles. The molecule has 0 radical (unpaired) electrons. The van der Waals surface area contributed by atoms with Crippen molar-refractivity contribution in [3.63, 3.8) is 0 Å². The van der Waals surface area contributed by atoms with Crippen molar-refractivity contribution in [1.82, 2.24) is 30.1 Å². The Morgan fingerprint density at radius 3 is 2.62 bits per heavy atom. The Bertz CT molecular complexity index is 752. The van der Waals surface area contributed by atoms with Crippen molar-refractivity contribution in [3.05, 3.63) is 29.2 Å². The van der Waals surface area contributed by atoms with Gasteiger partial charge in [-0.15, -0.1) is 0 Å². The zero-order valence-corrected chi connectivity index (χ0v) is 17.2. The Kier molecular flexibility index (Phi) is 6.05. The Labute approximate surface area is 155 Å². The maximum Gasteiger partial charge on any atom is 0.232 e. The van der Waals surface area contributed by atoms with Crippen LogP contribution in [0.3, 0.4) is 0 Å². The second-order valence-electron chi connectivity index (χ2n) is 7.89. The topological polar surface area (TPSA) is 84.4 Å². The lowest BCUT2D eigenvalue weighted by Gasteiger charge is -2.21. The van der Waals surface area contributed by atoms with Gasteiger partial charge in [-0.25, -0.2) is 0 Å². The monoisotopic (exact) mass is 361 g/mol. The van der Waals surface area contributed by atoms with E-state index in [1.165, 1.54) is 5.56 Å². The molecule has 0 aliphatic carbocycles. The number of nitrogens with zero attached hydrogens (tertiary/aromatic N) is 6. The molecule has 2 rings (SSSR count). The van der Waals surface area contributed by atoms with Gasteiger partial charge in [0.1, 0.15) is 0 Å². The van der Waals surface area contributed by atoms with Gasteiger partial charge in [0.25, 0.3) is 0 Å². The maximum absolute atomic E-state index is 5.33. The molecule has 0 amide bonds. The average Bonchev–Trinajstić information content (AvgIpc) is 3.14. The molecule has 2 aromatic rings. The molecule has 0 unspecified atom stereocenters. The van der Waals surface area contributed by atoms with Crippen LogP contribution in [0.1, 0.15) is 63.5 Å². The standard InChI is InChI=1S/C18H31N7O/c1-12(2)15-13(11-25(8)22-15)10-24(7)17(19-6)20-9-14-21-16(26-23-14)18(3,4)5/h11-12H,9-10H2,1-8H3,(H,19,20). The summed E-state index contributed by atoms with van der Waals surface area (Å²) >= 11 is 0. The molecule has 26 heavy (non-hydrogen) atoms. The van der Waals surface area contributed by atoms with Gasteiger partial charge < -0.3 is 14.7 Å². The molecule has 0 spiro atoms. The van der Waals surface area contributed by atoms with Gasteiger partial charge >= 0.3 is 0 Å². The number of aryl methyl sites for hydroxylation is 1. The first-order valence-corrected chi connectivity index (χ1v) is 8.89. The molecule has 0 fully saturated rings. The van der Waals surface area contributed by atoms with E-state index < -0.39 is 0 Å². The van der Waals surface area contributed by atoms with Crippen molar-refractivity contribution < 1.29 is 4.52 Å². The largest absolute Gasteiger partial charge is 0.349 e. The third kappa shape index (κ3) is 4.83. The fraction of sp³-hybridized carbons (Fsp3) is 0.667. The normalized spacial score (nSPS) is 12.7. The Morgan fingerprint density at radius 1 is 1.38 bits per heavy atom. The molecule has 2 aromatic heterocycles. The van der Waals surface area contributed by atoms with E-state index in [0.717, 1.165) is 18.2 Å². The first kappa shape index (κ1) is 19.9. The summed E-state index contributed by atoms with van der Waals surface area (Å²) in [5.41, 5.74) is 2.15. The zero-order valence-electron chi connectivity index (χ0n) is 17.2. The number of aromatic nitrogens is 4. The van der Waals surface area contributed by atoms with E-state index in [9.17, 15) is 0 Å². The molecule has 8 nitrogen and oxygen atoms in total. The molecule has 0 saturated heterocycles. The van der Waals surface area contributed by atoms with Gasteiger partial charge in [0, 0.05) is 44.9 Å². The first-order valence-electron chi connectivity index (χ1n) is 8.89. The van der Waals surface area contributed by atoms with Crippen molar-refractivity contribution in [2.45, 2.75) is 59.0 Å². The van der Waals surface area contributed by atoms with E-state index in [4.69, 9.17) is 4.52 Å². The van der Waals surface area contributed by atoms with E-state index in [1.54, 1.807) is 7.05 Å². The number of hydrogen-bond donors (Lipinski definition) is 1. The van der Waals surface area contributed by atoms with Crippen molar-refractivity contribution in [2.24, 2.45) is 12.0 Å². The third-order valence-electron chi connectivity index (χ3n) is 3.98. The SMILES string of the molecule is CN=C(NCc1noc(C(C)(C)C)n1)N(C)Cc1cn(C)nc1C(C)C. The fourth-order valence-corrected chi connectivity index (χ4v) is 2.67. The lowest BCUT2D eigenvalue weighted by atomic mass is 9.97. The summed E-state index contributed by atoms with van der Waals surface area (Å²) in [5, 5.41) is 11.9. The Balaban J connectivity index is 2.01. The summed E-state index contributed by atoms with van der Waals surface area (Å²) in [4.78, 5) is 10.9. The van der Waals surface area contributed by atoms with Crippen LogP contribution in [0.15, 0.2) is 15.7 Å². The van der Waals surface area contributed by atoms with E-state index >= 15 is 0 Å². The van der Waals surface area contributed by atoms with E-state index in [2.05, 4.69) is 50.5 Å². The average molecular weight is 361 g/mol. The third-order valence-corrected chi connectivity index (χ3v) is 3.98.